The van der Waals surface area contributed by atoms with Gasteiger partial charge in [0.25, 0.3) is 0 Å². The molecule has 0 amide bonds. The summed E-state index contributed by atoms with van der Waals surface area (Å²) in [5.74, 6) is 0. The summed E-state index contributed by atoms with van der Waals surface area (Å²) in [7, 11) is 0. The van der Waals surface area contributed by atoms with Crippen molar-refractivity contribution in [2.45, 2.75) is 13.8 Å². The number of hydrogen-bond donors (Lipinski definition) is 1. The van der Waals surface area contributed by atoms with E-state index in [-0.39, 0.29) is 14.5 Å². The third-order valence-corrected chi connectivity index (χ3v) is 3.84. The van der Waals surface area contributed by atoms with Gasteiger partial charge < -0.3 is 0 Å². The van der Waals surface area contributed by atoms with Gasteiger partial charge in [0.05, 0.1) is 0 Å². The van der Waals surface area contributed by atoms with E-state index in [1.165, 1.54) is 0 Å². The summed E-state index contributed by atoms with van der Waals surface area (Å²) in [6.07, 6.45) is 0. The molecule has 1 heterocycles. The van der Waals surface area contributed by atoms with Gasteiger partial charge >= 0.3 is 111 Å². The number of nitrogens with zero attached hydrogens (tertiary/aromatic N) is 2. The van der Waals surface area contributed by atoms with Crippen LogP contribution >= 0.6 is 11.6 Å². The third-order valence-electron chi connectivity index (χ3n) is 2.02. The minimum absolute atomic E-state index is 0.230. The van der Waals surface area contributed by atoms with E-state index >= 15 is 0 Å². The Bertz CT molecular complexity index is 527. The molecule has 0 fully saturated rings. The zero-order chi connectivity index (χ0) is 12.3. The van der Waals surface area contributed by atoms with Crippen LogP contribution in [0.25, 0.3) is 11.3 Å². The topological polar surface area (TPSA) is 37.3 Å². The van der Waals surface area contributed by atoms with Crippen LogP contribution < -0.4 is 5.43 Å². The molecule has 17 heavy (non-hydrogen) atoms. The number of halogens is 1. The van der Waals surface area contributed by atoms with Gasteiger partial charge in [-0.1, -0.05) is 0 Å². The fourth-order valence-corrected chi connectivity index (χ4v) is 2.75. The Morgan fingerprint density at radius 1 is 1.29 bits per heavy atom. The predicted octanol–water partition coefficient (Wildman–Crippen LogP) is 3.27. The molecule has 5 heteroatoms. The number of hydrazone groups is 1. The molecule has 88 valence electrons. The summed E-state index contributed by atoms with van der Waals surface area (Å²) >= 11 is 6.08. The van der Waals surface area contributed by atoms with Crippen LogP contribution in [0.2, 0.25) is 5.02 Å². The van der Waals surface area contributed by atoms with Gasteiger partial charge in [-0.25, -0.2) is 0 Å². The van der Waals surface area contributed by atoms with Crippen LogP contribution in [0.5, 0.6) is 0 Å². The summed E-state index contributed by atoms with van der Waals surface area (Å²) in [6.45, 7) is 3.89. The first-order valence-electron chi connectivity index (χ1n) is 5.13. The molecule has 0 bridgehead atoms. The molecule has 1 aromatic carbocycles. The molecule has 0 saturated heterocycles. The SMILES string of the molecule is CC(C)=NNc1nc(-c2ccc(Cl)cc2)c[se]1. The number of nitrogens with one attached hydrogen (secondary N) is 1. The number of anilines is 1. The summed E-state index contributed by atoms with van der Waals surface area (Å²) in [6, 6.07) is 7.70. The van der Waals surface area contributed by atoms with Crippen molar-refractivity contribution in [2.75, 3.05) is 5.43 Å². The quantitative estimate of drug-likeness (QED) is 0.536. The molecule has 0 unspecified atom stereocenters. The zero-order valence-corrected chi connectivity index (χ0v) is 12.0. The van der Waals surface area contributed by atoms with Crippen LogP contribution in [0.1, 0.15) is 13.8 Å². The Balaban J connectivity index is 2.18. The number of rotatable bonds is 3. The number of aromatic nitrogens is 1. The first-order valence-corrected chi connectivity index (χ1v) is 7.36. The predicted molar refractivity (Wildman–Crippen MR) is 74.0 cm³/mol. The molecular weight excluding hydrogens is 301 g/mol. The van der Waals surface area contributed by atoms with Crippen molar-refractivity contribution in [1.82, 2.24) is 4.98 Å². The van der Waals surface area contributed by atoms with Crippen LogP contribution in [0.15, 0.2) is 34.3 Å². The van der Waals surface area contributed by atoms with Gasteiger partial charge in [-0.05, 0) is 0 Å². The van der Waals surface area contributed by atoms with E-state index in [1.54, 1.807) is 0 Å². The van der Waals surface area contributed by atoms with Gasteiger partial charge in [0.2, 0.25) is 0 Å². The monoisotopic (exact) mass is 313 g/mol. The molecule has 3 nitrogen and oxygen atoms in total. The van der Waals surface area contributed by atoms with Crippen molar-refractivity contribution >= 4 is 36.5 Å². The minimum atomic E-state index is 0.230. The molecule has 2 rings (SSSR count). The number of benzene rings is 1. The van der Waals surface area contributed by atoms with Crippen molar-refractivity contribution in [3.05, 3.63) is 34.2 Å². The van der Waals surface area contributed by atoms with Gasteiger partial charge in [-0.3, -0.25) is 0 Å². The van der Waals surface area contributed by atoms with Crippen LogP contribution in [-0.2, 0) is 0 Å². The standard InChI is InChI=1S/C12H12ClN3Se/c1-8(2)15-16-12-14-11(7-17-12)9-3-5-10(13)6-4-9/h3-7H,1-2H3,(H,14,16). The van der Waals surface area contributed by atoms with Crippen LogP contribution in [0.4, 0.5) is 4.69 Å². The number of hydrogen-bond acceptors (Lipinski definition) is 3. The average Bonchev–Trinajstić information content (AvgIpc) is 2.76. The first-order chi connectivity index (χ1) is 8.15. The Hall–Kier alpha value is -1.09. The Morgan fingerprint density at radius 3 is 2.65 bits per heavy atom. The van der Waals surface area contributed by atoms with Crippen LogP contribution in [-0.4, -0.2) is 25.2 Å². The average molecular weight is 313 g/mol. The summed E-state index contributed by atoms with van der Waals surface area (Å²) < 4.78 is 0.934. The third kappa shape index (κ3) is 3.43. The molecule has 0 aliphatic rings. The molecular formula is C12H12ClN3Se. The van der Waals surface area contributed by atoms with Gasteiger partial charge in [0.15, 0.2) is 0 Å². The second-order valence-corrected chi connectivity index (χ2v) is 5.95. The maximum absolute atomic E-state index is 5.85. The molecule has 0 radical (unpaired) electrons. The Labute approximate surface area is 111 Å². The van der Waals surface area contributed by atoms with Gasteiger partial charge in [-0.2, -0.15) is 0 Å². The van der Waals surface area contributed by atoms with Crippen LogP contribution in [0, 0.1) is 0 Å². The molecule has 0 saturated carbocycles. The second kappa shape index (κ2) is 5.50. The van der Waals surface area contributed by atoms with Crippen molar-refractivity contribution in [3.8, 4) is 11.3 Å². The first kappa shape index (κ1) is 12.4. The van der Waals surface area contributed by atoms with E-state index in [2.05, 4.69) is 20.5 Å². The van der Waals surface area contributed by atoms with E-state index < -0.39 is 0 Å². The second-order valence-electron chi connectivity index (χ2n) is 3.72. The summed E-state index contributed by atoms with van der Waals surface area (Å²) in [5.41, 5.74) is 6.05. The van der Waals surface area contributed by atoms with Gasteiger partial charge in [0, 0.05) is 0 Å². The van der Waals surface area contributed by atoms with E-state index in [4.69, 9.17) is 11.6 Å². The molecule has 0 spiro atoms. The maximum atomic E-state index is 5.85. The molecule has 1 aromatic heterocycles. The summed E-state index contributed by atoms with van der Waals surface area (Å²) in [4.78, 5) is 6.64. The molecule has 0 aliphatic carbocycles. The van der Waals surface area contributed by atoms with E-state index in [9.17, 15) is 0 Å². The zero-order valence-electron chi connectivity index (χ0n) is 9.57. The molecule has 1 N–H and O–H groups in total. The molecule has 0 atom stereocenters. The molecule has 0 aliphatic heterocycles. The van der Waals surface area contributed by atoms with Crippen molar-refractivity contribution in [3.63, 3.8) is 0 Å². The van der Waals surface area contributed by atoms with Crippen LogP contribution in [0.3, 0.4) is 0 Å². The normalized spacial score (nSPS) is 10.1. The van der Waals surface area contributed by atoms with Crippen molar-refractivity contribution in [1.29, 1.82) is 0 Å². The fraction of sp³-hybridized carbons (Fsp3) is 0.167. The Morgan fingerprint density at radius 2 is 2.00 bits per heavy atom. The van der Waals surface area contributed by atoms with E-state index in [1.807, 2.05) is 38.1 Å². The fourth-order valence-electron chi connectivity index (χ4n) is 1.24. The van der Waals surface area contributed by atoms with E-state index in [0.717, 1.165) is 26.7 Å². The summed E-state index contributed by atoms with van der Waals surface area (Å²) in [5, 5.41) is 4.89. The molecule has 2 aromatic rings. The van der Waals surface area contributed by atoms with Crippen molar-refractivity contribution in [2.24, 2.45) is 5.10 Å². The van der Waals surface area contributed by atoms with Crippen molar-refractivity contribution < 1.29 is 0 Å². The van der Waals surface area contributed by atoms with Gasteiger partial charge in [-0.15, -0.1) is 0 Å². The Kier molecular flexibility index (Phi) is 4.00. The van der Waals surface area contributed by atoms with E-state index in [0.29, 0.717) is 0 Å². The van der Waals surface area contributed by atoms with Gasteiger partial charge in [0.1, 0.15) is 0 Å².